The predicted octanol–water partition coefficient (Wildman–Crippen LogP) is 0.430. The highest BCUT2D eigenvalue weighted by molar-refractivity contribution is 6.62. The summed E-state index contributed by atoms with van der Waals surface area (Å²) >= 11 is 0. The number of likely N-dealkylation sites (N-methyl/N-ethyl adjacent to an activating group) is 1. The smallest absolute Gasteiger partial charge is 0.376 e. The third kappa shape index (κ3) is 3.27. The quantitative estimate of drug-likeness (QED) is 0.649. The van der Waals surface area contributed by atoms with E-state index in [2.05, 4.69) is 23.8 Å². The lowest BCUT2D eigenvalue weighted by Gasteiger charge is -2.42. The highest BCUT2D eigenvalue weighted by Crippen LogP contribution is 2.21. The number of hydrogen-bond acceptors (Lipinski definition) is 5. The van der Waals surface area contributed by atoms with Gasteiger partial charge < -0.3 is 18.2 Å². The summed E-state index contributed by atoms with van der Waals surface area (Å²) in [6.45, 7) is 6.47. The zero-order valence-corrected chi connectivity index (χ0v) is 12.7. The maximum Gasteiger partial charge on any atom is 0.518 e. The zero-order chi connectivity index (χ0) is 12.9. The van der Waals surface area contributed by atoms with Gasteiger partial charge in [-0.1, -0.05) is 6.92 Å². The molecule has 5 nitrogen and oxygen atoms in total. The van der Waals surface area contributed by atoms with Crippen LogP contribution in [0.3, 0.4) is 0 Å². The van der Waals surface area contributed by atoms with Crippen LogP contribution in [0.15, 0.2) is 0 Å². The fourth-order valence-electron chi connectivity index (χ4n) is 2.52. The van der Waals surface area contributed by atoms with Gasteiger partial charge in [-0.25, -0.2) is 0 Å². The molecule has 1 saturated heterocycles. The lowest BCUT2D eigenvalue weighted by molar-refractivity contribution is 0.0534. The van der Waals surface area contributed by atoms with Crippen molar-refractivity contribution in [2.24, 2.45) is 0 Å². The maximum atomic E-state index is 5.61. The van der Waals surface area contributed by atoms with Crippen molar-refractivity contribution in [1.82, 2.24) is 9.80 Å². The largest absolute Gasteiger partial charge is 0.518 e. The van der Waals surface area contributed by atoms with Crippen LogP contribution in [0.2, 0.25) is 0 Å². The van der Waals surface area contributed by atoms with Crippen LogP contribution in [-0.2, 0) is 13.3 Å². The molecule has 0 aromatic heterocycles. The van der Waals surface area contributed by atoms with E-state index in [1.165, 1.54) is 0 Å². The maximum absolute atomic E-state index is 5.61. The first-order chi connectivity index (χ1) is 8.13. The standard InChI is InChI=1S/C11H26N2O3Si/c1-6-11(17(14-3,15-4)16-5)13-9-7-12(2)8-10-13/h11H,6-10H2,1-5H3. The second-order valence-electron chi connectivity index (χ2n) is 4.48. The van der Waals surface area contributed by atoms with Gasteiger partial charge in [-0.05, 0) is 13.5 Å². The molecule has 1 aliphatic heterocycles. The van der Waals surface area contributed by atoms with E-state index in [-0.39, 0.29) is 5.67 Å². The van der Waals surface area contributed by atoms with E-state index in [4.69, 9.17) is 13.3 Å². The molecule has 17 heavy (non-hydrogen) atoms. The van der Waals surface area contributed by atoms with Crippen molar-refractivity contribution >= 4 is 8.80 Å². The minimum Gasteiger partial charge on any atom is -0.376 e. The van der Waals surface area contributed by atoms with Crippen LogP contribution in [0.25, 0.3) is 0 Å². The second-order valence-corrected chi connectivity index (χ2v) is 7.58. The van der Waals surface area contributed by atoms with Gasteiger partial charge in [0, 0.05) is 47.5 Å². The van der Waals surface area contributed by atoms with E-state index < -0.39 is 8.80 Å². The van der Waals surface area contributed by atoms with Crippen LogP contribution in [0.5, 0.6) is 0 Å². The topological polar surface area (TPSA) is 34.2 Å². The molecule has 1 fully saturated rings. The molecule has 0 bridgehead atoms. The van der Waals surface area contributed by atoms with Gasteiger partial charge in [-0.3, -0.25) is 4.90 Å². The minimum atomic E-state index is -2.55. The molecule has 0 spiro atoms. The Morgan fingerprint density at radius 3 is 1.82 bits per heavy atom. The molecule has 0 saturated carbocycles. The number of hydrogen-bond donors (Lipinski definition) is 0. The Labute approximate surface area is 106 Å². The fraction of sp³-hybridized carbons (Fsp3) is 1.00. The Kier molecular flexibility index (Phi) is 6.05. The summed E-state index contributed by atoms with van der Waals surface area (Å²) in [7, 11) is 4.69. The molecule has 1 rings (SSSR count). The van der Waals surface area contributed by atoms with Crippen LogP contribution in [-0.4, -0.2) is 78.8 Å². The van der Waals surface area contributed by atoms with Gasteiger partial charge in [-0.15, -0.1) is 0 Å². The highest BCUT2D eigenvalue weighted by atomic mass is 28.4. The van der Waals surface area contributed by atoms with Crippen LogP contribution in [0.1, 0.15) is 13.3 Å². The summed E-state index contributed by atoms with van der Waals surface area (Å²) in [4.78, 5) is 4.79. The molecule has 1 heterocycles. The number of rotatable bonds is 6. The molecular weight excluding hydrogens is 236 g/mol. The molecule has 1 atom stereocenters. The van der Waals surface area contributed by atoms with Gasteiger partial charge in [0.25, 0.3) is 0 Å². The molecule has 1 aliphatic rings. The van der Waals surface area contributed by atoms with E-state index in [1.807, 2.05) is 0 Å². The lowest BCUT2D eigenvalue weighted by Crippen LogP contribution is -2.64. The monoisotopic (exact) mass is 262 g/mol. The van der Waals surface area contributed by atoms with Crippen LogP contribution in [0, 0.1) is 0 Å². The average Bonchev–Trinajstić information content (AvgIpc) is 2.38. The van der Waals surface area contributed by atoms with E-state index in [9.17, 15) is 0 Å². The summed E-state index contributed by atoms with van der Waals surface area (Å²) in [5.74, 6) is 0. The number of piperazine rings is 1. The first-order valence-electron chi connectivity index (χ1n) is 6.21. The molecule has 0 radical (unpaired) electrons. The van der Waals surface area contributed by atoms with Crippen molar-refractivity contribution in [3.05, 3.63) is 0 Å². The van der Waals surface area contributed by atoms with Crippen molar-refractivity contribution in [3.63, 3.8) is 0 Å². The Balaban J connectivity index is 2.74. The molecule has 102 valence electrons. The van der Waals surface area contributed by atoms with Crippen molar-refractivity contribution < 1.29 is 13.3 Å². The Hall–Kier alpha value is 0.0169. The summed E-state index contributed by atoms with van der Waals surface area (Å²) in [6.07, 6.45) is 0.992. The first-order valence-corrected chi connectivity index (χ1v) is 8.01. The van der Waals surface area contributed by atoms with Gasteiger partial charge in [-0.2, -0.15) is 0 Å². The highest BCUT2D eigenvalue weighted by Gasteiger charge is 2.49. The molecule has 1 unspecified atom stereocenters. The molecule has 0 amide bonds. The minimum absolute atomic E-state index is 0.260. The van der Waals surface area contributed by atoms with Crippen molar-refractivity contribution in [1.29, 1.82) is 0 Å². The lowest BCUT2D eigenvalue weighted by atomic mass is 10.3. The zero-order valence-electron chi connectivity index (χ0n) is 11.7. The van der Waals surface area contributed by atoms with E-state index in [1.54, 1.807) is 21.3 Å². The van der Waals surface area contributed by atoms with Crippen LogP contribution >= 0.6 is 0 Å². The molecule has 0 aromatic carbocycles. The van der Waals surface area contributed by atoms with Gasteiger partial charge in [0.05, 0.1) is 5.67 Å². The average molecular weight is 262 g/mol. The molecule has 0 aromatic rings. The molecular formula is C11H26N2O3Si. The molecule has 0 aliphatic carbocycles. The third-order valence-electron chi connectivity index (χ3n) is 3.63. The normalized spacial score (nSPS) is 21.7. The van der Waals surface area contributed by atoms with E-state index in [0.717, 1.165) is 32.6 Å². The summed E-state index contributed by atoms with van der Waals surface area (Å²) in [6, 6.07) is 0. The third-order valence-corrected chi connectivity index (χ3v) is 6.92. The predicted molar refractivity (Wildman–Crippen MR) is 69.9 cm³/mol. The Morgan fingerprint density at radius 1 is 1.00 bits per heavy atom. The van der Waals surface area contributed by atoms with Gasteiger partial charge in [0.2, 0.25) is 0 Å². The van der Waals surface area contributed by atoms with Gasteiger partial charge >= 0.3 is 8.80 Å². The molecule has 6 heteroatoms. The van der Waals surface area contributed by atoms with Gasteiger partial charge in [0.15, 0.2) is 0 Å². The van der Waals surface area contributed by atoms with Crippen LogP contribution in [0.4, 0.5) is 0 Å². The van der Waals surface area contributed by atoms with Gasteiger partial charge in [0.1, 0.15) is 0 Å². The number of nitrogens with zero attached hydrogens (tertiary/aromatic N) is 2. The SMILES string of the molecule is CCC(N1CCN(C)CC1)[Si](OC)(OC)OC. The van der Waals surface area contributed by atoms with E-state index in [0.29, 0.717) is 0 Å². The summed E-state index contributed by atoms with van der Waals surface area (Å²) in [5, 5.41) is 0. The fourth-order valence-corrected chi connectivity index (χ4v) is 5.05. The van der Waals surface area contributed by atoms with Crippen LogP contribution < -0.4 is 0 Å². The summed E-state index contributed by atoms with van der Waals surface area (Å²) < 4.78 is 16.8. The summed E-state index contributed by atoms with van der Waals surface area (Å²) in [5.41, 5.74) is 0.260. The Bertz CT molecular complexity index is 210. The second kappa shape index (κ2) is 6.82. The van der Waals surface area contributed by atoms with Crippen molar-refractivity contribution in [2.75, 3.05) is 54.6 Å². The van der Waals surface area contributed by atoms with Crippen molar-refractivity contribution in [3.8, 4) is 0 Å². The first kappa shape index (κ1) is 15.1. The Morgan fingerprint density at radius 2 is 1.47 bits per heavy atom. The molecule has 0 N–H and O–H groups in total. The van der Waals surface area contributed by atoms with E-state index >= 15 is 0 Å². The van der Waals surface area contributed by atoms with Crippen molar-refractivity contribution in [2.45, 2.75) is 19.0 Å².